The number of methoxy groups -OCH3 is 2. The Balaban J connectivity index is 2.51. The fourth-order valence-corrected chi connectivity index (χ4v) is 3.24. The summed E-state index contributed by atoms with van der Waals surface area (Å²) in [5.41, 5.74) is 0.0853. The number of hydrogen-bond acceptors (Lipinski definition) is 5. The lowest BCUT2D eigenvalue weighted by atomic mass is 9.98. The van der Waals surface area contributed by atoms with Gasteiger partial charge in [-0.05, 0) is 12.8 Å². The van der Waals surface area contributed by atoms with E-state index in [0.717, 1.165) is 25.7 Å². The molecule has 148 valence electrons. The SMILES string of the molecule is COC(CN/C=C(/C#N)C(=O)NC1CCCCCCCCCCC1)OC. The first-order valence-electron chi connectivity index (χ1n) is 9.91. The predicted octanol–water partition coefficient (Wildman–Crippen LogP) is 3.39. The van der Waals surface area contributed by atoms with Gasteiger partial charge in [-0.1, -0.05) is 57.8 Å². The van der Waals surface area contributed by atoms with Gasteiger partial charge in [-0.15, -0.1) is 0 Å². The molecule has 0 saturated heterocycles. The van der Waals surface area contributed by atoms with E-state index < -0.39 is 6.29 Å². The lowest BCUT2D eigenvalue weighted by Gasteiger charge is -2.19. The molecule has 6 heteroatoms. The Labute approximate surface area is 158 Å². The third-order valence-corrected chi connectivity index (χ3v) is 4.86. The van der Waals surface area contributed by atoms with Gasteiger partial charge in [0.15, 0.2) is 6.29 Å². The molecule has 0 unspecified atom stereocenters. The van der Waals surface area contributed by atoms with E-state index in [0.29, 0.717) is 6.54 Å². The number of amides is 1. The van der Waals surface area contributed by atoms with Crippen molar-refractivity contribution < 1.29 is 14.3 Å². The minimum atomic E-state index is -0.416. The van der Waals surface area contributed by atoms with Crippen LogP contribution in [0.2, 0.25) is 0 Å². The third kappa shape index (κ3) is 9.79. The zero-order chi connectivity index (χ0) is 19.0. The van der Waals surface area contributed by atoms with Crippen molar-refractivity contribution in [1.29, 1.82) is 5.26 Å². The van der Waals surface area contributed by atoms with Crippen LogP contribution < -0.4 is 10.6 Å². The first kappa shape index (κ1) is 22.5. The molecule has 1 saturated carbocycles. The molecule has 2 N–H and O–H groups in total. The Morgan fingerprint density at radius 3 is 2.00 bits per heavy atom. The average Bonchev–Trinajstić information content (AvgIpc) is 2.64. The van der Waals surface area contributed by atoms with Gasteiger partial charge in [0.05, 0.1) is 6.54 Å². The molecule has 0 aromatic heterocycles. The number of carbonyl (C=O) groups excluding carboxylic acids is 1. The van der Waals surface area contributed by atoms with Gasteiger partial charge in [-0.2, -0.15) is 5.26 Å². The van der Waals surface area contributed by atoms with E-state index in [1.165, 1.54) is 51.1 Å². The van der Waals surface area contributed by atoms with Crippen LogP contribution in [0.4, 0.5) is 0 Å². The second-order valence-electron chi connectivity index (χ2n) is 6.91. The molecule has 1 amide bonds. The van der Waals surface area contributed by atoms with Crippen LogP contribution in [0.25, 0.3) is 0 Å². The molecule has 0 spiro atoms. The van der Waals surface area contributed by atoms with Crippen molar-refractivity contribution in [2.45, 2.75) is 83.0 Å². The molecule has 0 bridgehead atoms. The van der Waals surface area contributed by atoms with E-state index in [4.69, 9.17) is 9.47 Å². The van der Waals surface area contributed by atoms with E-state index in [-0.39, 0.29) is 17.5 Å². The summed E-state index contributed by atoms with van der Waals surface area (Å²) < 4.78 is 10.1. The molecule has 1 aliphatic carbocycles. The molecule has 0 aliphatic heterocycles. The normalized spacial score (nSPS) is 18.5. The molecule has 0 heterocycles. The summed E-state index contributed by atoms with van der Waals surface area (Å²) in [5, 5.41) is 15.2. The molecule has 1 fully saturated rings. The van der Waals surface area contributed by atoms with E-state index in [2.05, 4.69) is 10.6 Å². The van der Waals surface area contributed by atoms with Crippen molar-refractivity contribution >= 4 is 5.91 Å². The molecule has 6 nitrogen and oxygen atoms in total. The van der Waals surface area contributed by atoms with Crippen molar-refractivity contribution in [2.24, 2.45) is 0 Å². The van der Waals surface area contributed by atoms with Crippen LogP contribution in [0.1, 0.15) is 70.6 Å². The fourth-order valence-electron chi connectivity index (χ4n) is 3.24. The predicted molar refractivity (Wildman–Crippen MR) is 102 cm³/mol. The van der Waals surface area contributed by atoms with Crippen LogP contribution in [0.3, 0.4) is 0 Å². The summed E-state index contributed by atoms with van der Waals surface area (Å²) >= 11 is 0. The maximum absolute atomic E-state index is 12.4. The monoisotopic (exact) mass is 365 g/mol. The summed E-state index contributed by atoms with van der Waals surface area (Å²) in [6.45, 7) is 0.370. The molecule has 0 aromatic carbocycles. The molecular formula is C20H35N3O3. The quantitative estimate of drug-likeness (QED) is 0.410. The lowest BCUT2D eigenvalue weighted by molar-refractivity contribution is -0.118. The maximum atomic E-state index is 12.4. The number of ether oxygens (including phenoxy) is 2. The lowest BCUT2D eigenvalue weighted by Crippen LogP contribution is -2.36. The average molecular weight is 366 g/mol. The molecule has 1 rings (SSSR count). The number of rotatable bonds is 7. The Morgan fingerprint density at radius 2 is 1.54 bits per heavy atom. The third-order valence-electron chi connectivity index (χ3n) is 4.86. The molecule has 0 radical (unpaired) electrons. The van der Waals surface area contributed by atoms with Crippen molar-refractivity contribution in [3.8, 4) is 6.07 Å². The number of nitrogens with zero attached hydrogens (tertiary/aromatic N) is 1. The molecule has 1 aliphatic rings. The van der Waals surface area contributed by atoms with E-state index in [1.54, 1.807) is 14.2 Å². The molecule has 26 heavy (non-hydrogen) atoms. The van der Waals surface area contributed by atoms with Crippen molar-refractivity contribution in [2.75, 3.05) is 20.8 Å². The van der Waals surface area contributed by atoms with Gasteiger partial charge in [0, 0.05) is 26.5 Å². The fraction of sp³-hybridized carbons (Fsp3) is 0.800. The van der Waals surface area contributed by atoms with Gasteiger partial charge in [0.2, 0.25) is 0 Å². The topological polar surface area (TPSA) is 83.4 Å². The Hall–Kier alpha value is -1.58. The highest BCUT2D eigenvalue weighted by Crippen LogP contribution is 2.17. The number of carbonyl (C=O) groups is 1. The van der Waals surface area contributed by atoms with Crippen LogP contribution in [0, 0.1) is 11.3 Å². The standard InChI is InChI=1S/C20H35N3O3/c1-25-19(26-2)16-22-15-17(14-21)20(24)23-18-12-10-8-6-4-3-5-7-9-11-13-18/h15,18-19,22H,3-13,16H2,1-2H3,(H,23,24)/b17-15-. The molecular weight excluding hydrogens is 330 g/mol. The van der Waals surface area contributed by atoms with Crippen LogP contribution in [-0.2, 0) is 14.3 Å². The van der Waals surface area contributed by atoms with Crippen LogP contribution in [-0.4, -0.2) is 39.0 Å². The zero-order valence-electron chi connectivity index (χ0n) is 16.4. The van der Waals surface area contributed by atoms with Gasteiger partial charge in [0.25, 0.3) is 5.91 Å². The Kier molecular flexibility index (Phi) is 12.6. The minimum Gasteiger partial charge on any atom is -0.385 e. The van der Waals surface area contributed by atoms with Crippen LogP contribution >= 0.6 is 0 Å². The second kappa shape index (κ2) is 14.6. The van der Waals surface area contributed by atoms with Crippen LogP contribution in [0.15, 0.2) is 11.8 Å². The first-order chi connectivity index (χ1) is 12.7. The molecule has 0 atom stereocenters. The zero-order valence-corrected chi connectivity index (χ0v) is 16.4. The van der Waals surface area contributed by atoms with Gasteiger partial charge in [0.1, 0.15) is 11.6 Å². The van der Waals surface area contributed by atoms with Crippen LogP contribution in [0.5, 0.6) is 0 Å². The summed E-state index contributed by atoms with van der Waals surface area (Å²) in [4.78, 5) is 12.4. The highest BCUT2D eigenvalue weighted by atomic mass is 16.7. The summed E-state index contributed by atoms with van der Waals surface area (Å²) in [7, 11) is 3.09. The van der Waals surface area contributed by atoms with E-state index in [9.17, 15) is 10.1 Å². The first-order valence-corrected chi connectivity index (χ1v) is 9.91. The Morgan fingerprint density at radius 1 is 1.04 bits per heavy atom. The minimum absolute atomic E-state index is 0.0853. The number of nitriles is 1. The highest BCUT2D eigenvalue weighted by molar-refractivity contribution is 5.97. The smallest absolute Gasteiger partial charge is 0.263 e. The van der Waals surface area contributed by atoms with Crippen molar-refractivity contribution in [3.05, 3.63) is 11.8 Å². The van der Waals surface area contributed by atoms with E-state index in [1.807, 2.05) is 6.07 Å². The van der Waals surface area contributed by atoms with Gasteiger partial charge < -0.3 is 20.1 Å². The van der Waals surface area contributed by atoms with E-state index >= 15 is 0 Å². The van der Waals surface area contributed by atoms with Crippen molar-refractivity contribution in [1.82, 2.24) is 10.6 Å². The maximum Gasteiger partial charge on any atom is 0.263 e. The van der Waals surface area contributed by atoms with Crippen molar-refractivity contribution in [3.63, 3.8) is 0 Å². The largest absolute Gasteiger partial charge is 0.385 e. The number of hydrogen-bond donors (Lipinski definition) is 2. The summed E-state index contributed by atoms with van der Waals surface area (Å²) in [6, 6.07) is 2.13. The summed E-state index contributed by atoms with van der Waals surface area (Å²) in [5.74, 6) is -0.302. The van der Waals surface area contributed by atoms with Gasteiger partial charge in [-0.3, -0.25) is 4.79 Å². The summed E-state index contributed by atoms with van der Waals surface area (Å²) in [6.07, 6.45) is 14.3. The molecule has 0 aromatic rings. The number of nitrogens with one attached hydrogen (secondary N) is 2. The van der Waals surface area contributed by atoms with Gasteiger partial charge >= 0.3 is 0 Å². The second-order valence-corrected chi connectivity index (χ2v) is 6.91. The van der Waals surface area contributed by atoms with Gasteiger partial charge in [-0.25, -0.2) is 0 Å². The Bertz CT molecular complexity index is 444. The highest BCUT2D eigenvalue weighted by Gasteiger charge is 2.16.